The topological polar surface area (TPSA) is 37.3 Å². The SMILES string of the molecule is CCC(=O)c1csc(-c2cccc(Cl)c2)c1O. The molecule has 1 aromatic carbocycles. The maximum atomic E-state index is 11.6. The normalized spacial score (nSPS) is 10.5. The number of Topliss-reactive ketones (excluding diaryl/α,β-unsaturated/α-hetero) is 1. The molecule has 2 rings (SSSR count). The standard InChI is InChI=1S/C13H11ClO2S/c1-2-11(15)10-7-17-13(12(10)16)8-4-3-5-9(14)6-8/h3-7,16H,2H2,1H3. The third kappa shape index (κ3) is 2.35. The molecule has 1 N–H and O–H groups in total. The van der Waals surface area contributed by atoms with E-state index < -0.39 is 0 Å². The Morgan fingerprint density at radius 3 is 2.88 bits per heavy atom. The molecule has 0 saturated heterocycles. The van der Waals surface area contributed by atoms with Crippen LogP contribution in [0, 0.1) is 0 Å². The summed E-state index contributed by atoms with van der Waals surface area (Å²) in [6.45, 7) is 1.78. The molecule has 1 heterocycles. The summed E-state index contributed by atoms with van der Waals surface area (Å²) in [5.41, 5.74) is 1.22. The van der Waals surface area contributed by atoms with Crippen molar-refractivity contribution >= 4 is 28.7 Å². The van der Waals surface area contributed by atoms with Crippen LogP contribution >= 0.6 is 22.9 Å². The third-order valence-electron chi connectivity index (χ3n) is 2.47. The molecular weight excluding hydrogens is 256 g/mol. The lowest BCUT2D eigenvalue weighted by Crippen LogP contribution is -1.93. The molecule has 0 radical (unpaired) electrons. The number of rotatable bonds is 3. The molecule has 4 heteroatoms. The zero-order valence-corrected chi connectivity index (χ0v) is 10.8. The largest absolute Gasteiger partial charge is 0.506 e. The molecule has 0 atom stereocenters. The number of carbonyl (C=O) groups excluding carboxylic acids is 1. The van der Waals surface area contributed by atoms with Crippen LogP contribution < -0.4 is 0 Å². The van der Waals surface area contributed by atoms with E-state index in [1.54, 1.807) is 24.4 Å². The van der Waals surface area contributed by atoms with Gasteiger partial charge in [0.15, 0.2) is 5.78 Å². The first-order valence-corrected chi connectivity index (χ1v) is 6.48. The lowest BCUT2D eigenvalue weighted by molar-refractivity contribution is 0.0986. The van der Waals surface area contributed by atoms with Gasteiger partial charge < -0.3 is 5.11 Å². The number of aromatic hydroxyl groups is 1. The average molecular weight is 267 g/mol. The summed E-state index contributed by atoms with van der Waals surface area (Å²) in [4.78, 5) is 12.3. The number of ketones is 1. The maximum Gasteiger partial charge on any atom is 0.167 e. The van der Waals surface area contributed by atoms with Gasteiger partial charge in [0.05, 0.1) is 10.4 Å². The van der Waals surface area contributed by atoms with E-state index in [0.717, 1.165) is 5.56 Å². The molecule has 0 saturated carbocycles. The van der Waals surface area contributed by atoms with E-state index in [1.807, 2.05) is 12.1 Å². The minimum absolute atomic E-state index is 0.0490. The summed E-state index contributed by atoms with van der Waals surface area (Å²) >= 11 is 7.25. The van der Waals surface area contributed by atoms with Gasteiger partial charge in [0, 0.05) is 16.8 Å². The lowest BCUT2D eigenvalue weighted by atomic mass is 10.1. The Morgan fingerprint density at radius 2 is 2.24 bits per heavy atom. The molecule has 2 nitrogen and oxygen atoms in total. The fourth-order valence-electron chi connectivity index (χ4n) is 1.57. The van der Waals surface area contributed by atoms with Crippen molar-refractivity contribution in [3.05, 3.63) is 40.2 Å². The zero-order valence-electron chi connectivity index (χ0n) is 9.24. The molecular formula is C13H11ClO2S. The Bertz CT molecular complexity index is 560. The predicted molar refractivity (Wildman–Crippen MR) is 71.1 cm³/mol. The number of carbonyl (C=O) groups is 1. The van der Waals surface area contributed by atoms with Crippen LogP contribution in [0.3, 0.4) is 0 Å². The van der Waals surface area contributed by atoms with Crippen molar-refractivity contribution in [2.45, 2.75) is 13.3 Å². The number of benzene rings is 1. The van der Waals surface area contributed by atoms with E-state index in [9.17, 15) is 9.90 Å². The van der Waals surface area contributed by atoms with Crippen molar-refractivity contribution in [1.29, 1.82) is 0 Å². The quantitative estimate of drug-likeness (QED) is 0.838. The van der Waals surface area contributed by atoms with E-state index >= 15 is 0 Å². The van der Waals surface area contributed by atoms with Crippen LogP contribution in [0.25, 0.3) is 10.4 Å². The number of thiophene rings is 1. The van der Waals surface area contributed by atoms with E-state index in [4.69, 9.17) is 11.6 Å². The first-order valence-electron chi connectivity index (χ1n) is 5.23. The second-order valence-electron chi connectivity index (χ2n) is 3.61. The molecule has 0 spiro atoms. The predicted octanol–water partition coefficient (Wildman–Crippen LogP) is 4.37. The van der Waals surface area contributed by atoms with Crippen molar-refractivity contribution in [2.75, 3.05) is 0 Å². The van der Waals surface area contributed by atoms with E-state index in [1.165, 1.54) is 11.3 Å². The van der Waals surface area contributed by atoms with Crippen molar-refractivity contribution in [3.8, 4) is 16.2 Å². The van der Waals surface area contributed by atoms with Crippen molar-refractivity contribution in [2.24, 2.45) is 0 Å². The van der Waals surface area contributed by atoms with Gasteiger partial charge in [0.2, 0.25) is 0 Å². The van der Waals surface area contributed by atoms with Gasteiger partial charge in [0.1, 0.15) is 5.75 Å². The van der Waals surface area contributed by atoms with Crippen molar-refractivity contribution in [1.82, 2.24) is 0 Å². The van der Waals surface area contributed by atoms with Gasteiger partial charge in [-0.05, 0) is 17.7 Å². The summed E-state index contributed by atoms with van der Waals surface area (Å²) in [5.74, 6) is 0.0103. The second-order valence-corrected chi connectivity index (χ2v) is 4.93. The van der Waals surface area contributed by atoms with Crippen LogP contribution in [0.2, 0.25) is 5.02 Å². The monoisotopic (exact) mass is 266 g/mol. The first kappa shape index (κ1) is 12.1. The van der Waals surface area contributed by atoms with Crippen LogP contribution in [0.15, 0.2) is 29.6 Å². The molecule has 88 valence electrons. The molecule has 0 amide bonds. The molecule has 2 aromatic rings. The van der Waals surface area contributed by atoms with Crippen LogP contribution in [-0.2, 0) is 0 Å². The summed E-state index contributed by atoms with van der Waals surface area (Å²) in [5, 5.41) is 12.3. The Morgan fingerprint density at radius 1 is 1.47 bits per heavy atom. The van der Waals surface area contributed by atoms with E-state index in [2.05, 4.69) is 0 Å². The highest BCUT2D eigenvalue weighted by Crippen LogP contribution is 2.39. The van der Waals surface area contributed by atoms with Crippen molar-refractivity contribution in [3.63, 3.8) is 0 Å². The molecule has 0 aliphatic heterocycles. The van der Waals surface area contributed by atoms with Crippen LogP contribution in [0.1, 0.15) is 23.7 Å². The molecule has 17 heavy (non-hydrogen) atoms. The minimum Gasteiger partial charge on any atom is -0.506 e. The minimum atomic E-state index is -0.0490. The van der Waals surface area contributed by atoms with Gasteiger partial charge in [-0.3, -0.25) is 4.79 Å². The summed E-state index contributed by atoms with van der Waals surface area (Å²) < 4.78 is 0. The first-order chi connectivity index (χ1) is 8.13. The maximum absolute atomic E-state index is 11.6. The Balaban J connectivity index is 2.48. The highest BCUT2D eigenvalue weighted by molar-refractivity contribution is 7.14. The van der Waals surface area contributed by atoms with Gasteiger partial charge in [-0.1, -0.05) is 30.7 Å². The van der Waals surface area contributed by atoms with Gasteiger partial charge in [-0.15, -0.1) is 11.3 Å². The molecule has 0 bridgehead atoms. The van der Waals surface area contributed by atoms with Gasteiger partial charge in [0.25, 0.3) is 0 Å². The van der Waals surface area contributed by atoms with Gasteiger partial charge in [-0.25, -0.2) is 0 Å². The summed E-state index contributed by atoms with van der Waals surface area (Å²) in [6.07, 6.45) is 0.388. The molecule has 1 aromatic heterocycles. The zero-order chi connectivity index (χ0) is 12.4. The Hall–Kier alpha value is -1.32. The summed E-state index contributed by atoms with van der Waals surface area (Å²) in [6, 6.07) is 7.22. The Kier molecular flexibility index (Phi) is 3.50. The van der Waals surface area contributed by atoms with Crippen LogP contribution in [0.4, 0.5) is 0 Å². The molecule has 0 aliphatic carbocycles. The molecule has 0 aliphatic rings. The number of hydrogen-bond donors (Lipinski definition) is 1. The van der Waals surface area contributed by atoms with Crippen molar-refractivity contribution < 1.29 is 9.90 Å². The van der Waals surface area contributed by atoms with Gasteiger partial charge in [-0.2, -0.15) is 0 Å². The van der Waals surface area contributed by atoms with E-state index in [-0.39, 0.29) is 11.5 Å². The third-order valence-corrected chi connectivity index (χ3v) is 3.73. The van der Waals surface area contributed by atoms with Crippen LogP contribution in [-0.4, -0.2) is 10.9 Å². The highest BCUT2D eigenvalue weighted by Gasteiger charge is 2.16. The number of halogens is 1. The highest BCUT2D eigenvalue weighted by atomic mass is 35.5. The fraction of sp³-hybridized carbons (Fsp3) is 0.154. The summed E-state index contributed by atoms with van der Waals surface area (Å²) in [7, 11) is 0. The fourth-order valence-corrected chi connectivity index (χ4v) is 2.73. The molecule has 0 unspecified atom stereocenters. The second kappa shape index (κ2) is 4.90. The number of hydrogen-bond acceptors (Lipinski definition) is 3. The van der Waals surface area contributed by atoms with Gasteiger partial charge >= 0.3 is 0 Å². The lowest BCUT2D eigenvalue weighted by Gasteiger charge is -2.00. The van der Waals surface area contributed by atoms with Crippen LogP contribution in [0.5, 0.6) is 5.75 Å². The smallest absolute Gasteiger partial charge is 0.167 e. The molecule has 0 fully saturated rings. The average Bonchev–Trinajstić information content (AvgIpc) is 2.70. The van der Waals surface area contributed by atoms with E-state index in [0.29, 0.717) is 21.9 Å². The Labute approximate surface area is 108 Å².